The van der Waals surface area contributed by atoms with E-state index in [1.807, 2.05) is 16.8 Å². The summed E-state index contributed by atoms with van der Waals surface area (Å²) in [5.41, 5.74) is 2.53. The van der Waals surface area contributed by atoms with Gasteiger partial charge in [-0.2, -0.15) is 0 Å². The molecule has 0 radical (unpaired) electrons. The Hall–Kier alpha value is -2.25. The summed E-state index contributed by atoms with van der Waals surface area (Å²) < 4.78 is 7.38. The maximum absolute atomic E-state index is 12.5. The Kier molecular flexibility index (Phi) is 4.50. The van der Waals surface area contributed by atoms with Crippen LogP contribution in [0.25, 0.3) is 0 Å². The number of aliphatic hydroxyl groups excluding tert-OH is 1. The Morgan fingerprint density at radius 2 is 2.36 bits per heavy atom. The Morgan fingerprint density at radius 3 is 3.20 bits per heavy atom. The number of fused-ring (bicyclic) bond motifs is 1. The van der Waals surface area contributed by atoms with Crippen LogP contribution in [0.5, 0.6) is 0 Å². The lowest BCUT2D eigenvalue weighted by Crippen LogP contribution is -2.40. The Bertz CT molecular complexity index is 747. The number of hydrogen-bond donors (Lipinski definition) is 2. The van der Waals surface area contributed by atoms with Crippen LogP contribution in [0.2, 0.25) is 0 Å². The number of carbonyl (C=O) groups is 1. The van der Waals surface area contributed by atoms with Crippen LogP contribution in [0.3, 0.4) is 0 Å². The number of pyridine rings is 1. The van der Waals surface area contributed by atoms with Crippen molar-refractivity contribution in [3.8, 4) is 0 Å². The van der Waals surface area contributed by atoms with Crippen LogP contribution in [0.15, 0.2) is 31.0 Å². The summed E-state index contributed by atoms with van der Waals surface area (Å²) in [5, 5.41) is 13.3. The fourth-order valence-electron chi connectivity index (χ4n) is 3.73. The number of rotatable bonds is 4. The normalized spacial score (nSPS) is 25.6. The van der Waals surface area contributed by atoms with Crippen molar-refractivity contribution in [2.24, 2.45) is 5.92 Å². The van der Waals surface area contributed by atoms with E-state index in [9.17, 15) is 9.90 Å². The zero-order chi connectivity index (χ0) is 17.2. The lowest BCUT2D eigenvalue weighted by Gasteiger charge is -2.18. The van der Waals surface area contributed by atoms with Crippen molar-refractivity contribution >= 4 is 5.91 Å². The van der Waals surface area contributed by atoms with Crippen LogP contribution in [0.1, 0.15) is 34.5 Å². The number of nitrogens with one attached hydrogen (secondary N) is 1. The van der Waals surface area contributed by atoms with Crippen LogP contribution >= 0.6 is 0 Å². The second-order valence-corrected chi connectivity index (χ2v) is 6.88. The Balaban J connectivity index is 1.39. The zero-order valence-corrected chi connectivity index (χ0v) is 14.0. The molecule has 1 saturated carbocycles. The number of amides is 1. The monoisotopic (exact) mass is 342 g/mol. The predicted octanol–water partition coefficient (Wildman–Crippen LogP) is 0.920. The van der Waals surface area contributed by atoms with Crippen molar-refractivity contribution in [2.45, 2.75) is 44.6 Å². The van der Waals surface area contributed by atoms with Gasteiger partial charge in [-0.05, 0) is 36.8 Å². The van der Waals surface area contributed by atoms with Crippen molar-refractivity contribution in [3.63, 3.8) is 0 Å². The second-order valence-electron chi connectivity index (χ2n) is 6.88. The fourth-order valence-corrected chi connectivity index (χ4v) is 3.73. The van der Waals surface area contributed by atoms with Crippen molar-refractivity contribution in [3.05, 3.63) is 47.8 Å². The van der Waals surface area contributed by atoms with Gasteiger partial charge in [0.1, 0.15) is 0 Å². The van der Waals surface area contributed by atoms with Gasteiger partial charge in [-0.3, -0.25) is 9.78 Å². The molecular formula is C18H22N4O3. The van der Waals surface area contributed by atoms with Crippen LogP contribution in [0, 0.1) is 5.92 Å². The average Bonchev–Trinajstić information content (AvgIpc) is 3.25. The van der Waals surface area contributed by atoms with Gasteiger partial charge >= 0.3 is 0 Å². The van der Waals surface area contributed by atoms with Gasteiger partial charge in [-0.25, -0.2) is 4.98 Å². The molecular weight excluding hydrogens is 320 g/mol. The summed E-state index contributed by atoms with van der Waals surface area (Å²) in [7, 11) is 0. The molecule has 132 valence electrons. The number of hydrogen-bond acceptors (Lipinski definition) is 5. The van der Waals surface area contributed by atoms with Gasteiger partial charge in [-0.1, -0.05) is 0 Å². The van der Waals surface area contributed by atoms with Crippen LogP contribution in [-0.4, -0.2) is 44.3 Å². The quantitative estimate of drug-likeness (QED) is 0.862. The van der Waals surface area contributed by atoms with E-state index >= 15 is 0 Å². The zero-order valence-electron chi connectivity index (χ0n) is 14.0. The van der Waals surface area contributed by atoms with E-state index in [1.165, 1.54) is 0 Å². The summed E-state index contributed by atoms with van der Waals surface area (Å²) in [6.45, 7) is 1.98. The van der Waals surface area contributed by atoms with Gasteiger partial charge in [0.2, 0.25) is 0 Å². The minimum atomic E-state index is -0.517. The molecule has 1 amide bonds. The van der Waals surface area contributed by atoms with Gasteiger partial charge in [0.25, 0.3) is 5.91 Å². The molecule has 2 aromatic heterocycles. The Morgan fingerprint density at radius 1 is 1.44 bits per heavy atom. The molecule has 2 aliphatic rings. The highest BCUT2D eigenvalue weighted by molar-refractivity contribution is 5.94. The summed E-state index contributed by atoms with van der Waals surface area (Å²) in [6, 6.07) is 1.67. The van der Waals surface area contributed by atoms with E-state index < -0.39 is 6.10 Å². The third-order valence-corrected chi connectivity index (χ3v) is 5.05. The highest BCUT2D eigenvalue weighted by Gasteiger charge is 2.34. The molecule has 0 aromatic carbocycles. The first-order valence-corrected chi connectivity index (χ1v) is 8.69. The number of imidazole rings is 1. The first kappa shape index (κ1) is 16.2. The van der Waals surface area contributed by atoms with Crippen molar-refractivity contribution in [1.82, 2.24) is 19.9 Å². The summed E-state index contributed by atoms with van der Waals surface area (Å²) >= 11 is 0. The molecule has 3 heterocycles. The van der Waals surface area contributed by atoms with Crippen LogP contribution in [0.4, 0.5) is 0 Å². The fraction of sp³-hybridized carbons (Fsp3) is 0.500. The van der Waals surface area contributed by atoms with Crippen molar-refractivity contribution in [1.29, 1.82) is 0 Å². The summed E-state index contributed by atoms with van der Waals surface area (Å²) in [4.78, 5) is 20.9. The van der Waals surface area contributed by atoms with Crippen LogP contribution < -0.4 is 5.32 Å². The second kappa shape index (κ2) is 6.93. The smallest absolute Gasteiger partial charge is 0.253 e. The third-order valence-electron chi connectivity index (χ3n) is 5.05. The molecule has 7 heteroatoms. The molecule has 7 nitrogen and oxygen atoms in total. The van der Waals surface area contributed by atoms with Gasteiger partial charge < -0.3 is 19.7 Å². The highest BCUT2D eigenvalue weighted by Crippen LogP contribution is 2.28. The number of carbonyl (C=O) groups excluding carboxylic acids is 1. The summed E-state index contributed by atoms with van der Waals surface area (Å²) in [5.74, 6) is 0.155. The molecule has 3 atom stereocenters. The molecule has 2 N–H and O–H groups in total. The largest absolute Gasteiger partial charge is 0.391 e. The maximum Gasteiger partial charge on any atom is 0.253 e. The predicted molar refractivity (Wildman–Crippen MR) is 89.8 cm³/mol. The standard InChI is InChI=1S/C18H22N4O3/c23-17-6-12(9-22-3-2-19-11-22)5-15(17)21-18(24)14-7-13-1-4-25-10-16(13)20-8-14/h2-3,7-8,11-12,15,17,23H,1,4-6,9-10H2,(H,21,24)/t12?,15-,17-/m1/s1. The van der Waals surface area contributed by atoms with Crippen LogP contribution in [-0.2, 0) is 24.3 Å². The highest BCUT2D eigenvalue weighted by atomic mass is 16.5. The lowest BCUT2D eigenvalue weighted by atomic mass is 10.1. The van der Waals surface area contributed by atoms with E-state index in [0.717, 1.165) is 30.6 Å². The number of nitrogens with zero attached hydrogens (tertiary/aromatic N) is 3. The van der Waals surface area contributed by atoms with Crippen molar-refractivity contribution < 1.29 is 14.6 Å². The molecule has 0 saturated heterocycles. The molecule has 1 aliphatic heterocycles. The molecule has 1 unspecified atom stereocenters. The first-order valence-electron chi connectivity index (χ1n) is 8.69. The van der Waals surface area contributed by atoms with Gasteiger partial charge in [0, 0.05) is 25.1 Å². The topological polar surface area (TPSA) is 89.3 Å². The van der Waals surface area contributed by atoms with Gasteiger partial charge in [0.15, 0.2) is 0 Å². The molecule has 0 spiro atoms. The molecule has 4 rings (SSSR count). The minimum Gasteiger partial charge on any atom is -0.391 e. The summed E-state index contributed by atoms with van der Waals surface area (Å²) in [6.07, 6.45) is 8.74. The maximum atomic E-state index is 12.5. The number of aromatic nitrogens is 3. The third kappa shape index (κ3) is 3.57. The van der Waals surface area contributed by atoms with Crippen molar-refractivity contribution in [2.75, 3.05) is 6.61 Å². The minimum absolute atomic E-state index is 0.172. The molecule has 2 aromatic rings. The van der Waals surface area contributed by atoms with Gasteiger partial charge in [-0.15, -0.1) is 0 Å². The lowest BCUT2D eigenvalue weighted by molar-refractivity contribution is 0.0870. The average molecular weight is 342 g/mol. The van der Waals surface area contributed by atoms with E-state index in [4.69, 9.17) is 4.74 Å². The van der Waals surface area contributed by atoms with E-state index in [2.05, 4.69) is 15.3 Å². The van der Waals surface area contributed by atoms with E-state index in [0.29, 0.717) is 31.1 Å². The number of ether oxygens (including phenoxy) is 1. The van der Waals surface area contributed by atoms with E-state index in [1.54, 1.807) is 18.7 Å². The molecule has 0 bridgehead atoms. The number of aliphatic hydroxyl groups is 1. The van der Waals surface area contributed by atoms with Gasteiger partial charge in [0.05, 0.1) is 42.9 Å². The first-order chi connectivity index (χ1) is 12.2. The SMILES string of the molecule is O=C(N[C@@H]1CC(Cn2ccnc2)C[C@H]1O)c1cnc2c(c1)CCOC2. The Labute approximate surface area is 146 Å². The molecule has 1 fully saturated rings. The van der Waals surface area contributed by atoms with E-state index in [-0.39, 0.29) is 11.9 Å². The molecule has 25 heavy (non-hydrogen) atoms. The molecule has 1 aliphatic carbocycles.